The van der Waals surface area contributed by atoms with E-state index in [4.69, 9.17) is 1.37 Å². The number of hydrogen-bond acceptors (Lipinski definition) is 4. The number of nitrogens with one attached hydrogen (secondary N) is 1. The second-order valence-electron chi connectivity index (χ2n) is 4.37. The lowest BCUT2D eigenvalue weighted by atomic mass is 10.1. The molecule has 6 nitrogen and oxygen atoms in total. The Labute approximate surface area is 109 Å². The molecule has 1 aromatic carbocycles. The van der Waals surface area contributed by atoms with E-state index in [1.807, 2.05) is 0 Å². The van der Waals surface area contributed by atoms with E-state index in [1.54, 1.807) is 12.1 Å². The van der Waals surface area contributed by atoms with Crippen LogP contribution < -0.4 is 10.9 Å². The van der Waals surface area contributed by atoms with Crippen LogP contribution in [0.2, 0.25) is 0 Å². The van der Waals surface area contributed by atoms with Gasteiger partial charge in [0.25, 0.3) is 11.5 Å². The average molecular weight is 258 g/mol. The average Bonchev–Trinajstić information content (AvgIpc) is 2.40. The Morgan fingerprint density at radius 3 is 3.00 bits per heavy atom. The first-order valence-corrected chi connectivity index (χ1v) is 5.88. The first kappa shape index (κ1) is 10.4. The van der Waals surface area contributed by atoms with Crippen LogP contribution in [0.5, 0.6) is 0 Å². The predicted molar refractivity (Wildman–Crippen MR) is 67.4 cm³/mol. The second-order valence-corrected chi connectivity index (χ2v) is 4.37. The lowest BCUT2D eigenvalue weighted by Crippen LogP contribution is -2.45. The second kappa shape index (κ2) is 4.31. The summed E-state index contributed by atoms with van der Waals surface area (Å²) >= 11 is 0. The lowest BCUT2D eigenvalue weighted by molar-refractivity contribution is -0.136. The van der Waals surface area contributed by atoms with Crippen molar-refractivity contribution in [3.05, 3.63) is 40.8 Å². The zero-order chi connectivity index (χ0) is 14.3. The quantitative estimate of drug-likeness (QED) is 0.749. The third-order valence-corrected chi connectivity index (χ3v) is 3.16. The van der Waals surface area contributed by atoms with Gasteiger partial charge < -0.3 is 0 Å². The van der Waals surface area contributed by atoms with Crippen LogP contribution >= 0.6 is 0 Å². The van der Waals surface area contributed by atoms with E-state index in [9.17, 15) is 14.4 Å². The summed E-state index contributed by atoms with van der Waals surface area (Å²) in [5.41, 5.74) is -0.392. The van der Waals surface area contributed by atoms with Crippen LogP contribution in [-0.4, -0.2) is 21.6 Å². The smallest absolute Gasteiger partial charge is 0.275 e. The molecule has 2 heterocycles. The molecule has 0 bridgehead atoms. The van der Waals surface area contributed by atoms with Crippen LogP contribution in [0.15, 0.2) is 35.2 Å². The van der Waals surface area contributed by atoms with E-state index < -0.39 is 17.5 Å². The van der Waals surface area contributed by atoms with E-state index in [-0.39, 0.29) is 24.8 Å². The van der Waals surface area contributed by atoms with Crippen LogP contribution in [0.25, 0.3) is 10.8 Å². The van der Waals surface area contributed by atoms with Crippen LogP contribution in [0.1, 0.15) is 20.3 Å². The molecule has 0 aliphatic carbocycles. The van der Waals surface area contributed by atoms with Gasteiger partial charge in [0.05, 0.1) is 13.0 Å². The van der Waals surface area contributed by atoms with Crippen molar-refractivity contribution >= 4 is 22.6 Å². The molecular weight excluding hydrogens is 246 g/mol. The van der Waals surface area contributed by atoms with E-state index >= 15 is 0 Å². The maximum atomic E-state index is 12.3. The number of fused-ring (bicyclic) bond motifs is 1. The van der Waals surface area contributed by atoms with Gasteiger partial charge in [0.2, 0.25) is 5.91 Å². The summed E-state index contributed by atoms with van der Waals surface area (Å²) in [5.74, 6) is -0.841. The summed E-state index contributed by atoms with van der Waals surface area (Å²) < 4.78 is 8.62. The molecule has 1 aliphatic rings. The van der Waals surface area contributed by atoms with Crippen molar-refractivity contribution in [2.75, 3.05) is 0 Å². The molecule has 1 fully saturated rings. The van der Waals surface area contributed by atoms with Crippen molar-refractivity contribution in [3.63, 3.8) is 0 Å². The van der Waals surface area contributed by atoms with Crippen molar-refractivity contribution in [1.82, 2.24) is 15.1 Å². The maximum Gasteiger partial charge on any atom is 0.275 e. The normalized spacial score (nSPS) is 20.2. The summed E-state index contributed by atoms with van der Waals surface area (Å²) in [5, 5.41) is 7.16. The molecule has 1 N–H and O–H groups in total. The zero-order valence-electron chi connectivity index (χ0n) is 10.9. The number of carbonyl (C=O) groups is 2. The van der Waals surface area contributed by atoms with Gasteiger partial charge in [-0.3, -0.25) is 19.7 Å². The van der Waals surface area contributed by atoms with E-state index in [0.29, 0.717) is 10.8 Å². The molecule has 3 rings (SSSR count). The summed E-state index contributed by atoms with van der Waals surface area (Å²) in [6.45, 7) is 0. The zero-order valence-corrected chi connectivity index (χ0v) is 9.92. The largest absolute Gasteiger partial charge is 0.295 e. The summed E-state index contributed by atoms with van der Waals surface area (Å²) in [7, 11) is 0. The molecule has 1 atom stereocenters. The first-order chi connectivity index (χ1) is 9.56. The minimum Gasteiger partial charge on any atom is -0.295 e. The van der Waals surface area contributed by atoms with Crippen molar-refractivity contribution in [1.29, 1.82) is 0 Å². The number of rotatable bonds is 1. The molecule has 2 aromatic rings. The number of hydrogen-bond donors (Lipinski definition) is 1. The van der Waals surface area contributed by atoms with E-state index in [0.717, 1.165) is 4.68 Å². The Kier molecular flexibility index (Phi) is 2.36. The molecule has 1 saturated heterocycles. The minimum absolute atomic E-state index is 0.189. The Hall–Kier alpha value is -2.50. The van der Waals surface area contributed by atoms with Gasteiger partial charge >= 0.3 is 0 Å². The number of benzene rings is 1. The predicted octanol–water partition coefficient (Wildman–Crippen LogP) is 0.374. The highest BCUT2D eigenvalue weighted by Gasteiger charge is 2.29. The van der Waals surface area contributed by atoms with Crippen molar-refractivity contribution in [3.8, 4) is 0 Å². The van der Waals surface area contributed by atoms with Gasteiger partial charge in [-0.1, -0.05) is 18.2 Å². The molecule has 6 heteroatoms. The Morgan fingerprint density at radius 2 is 2.21 bits per heavy atom. The van der Waals surface area contributed by atoms with Gasteiger partial charge in [0.1, 0.15) is 6.04 Å². The fraction of sp³-hybridized carbons (Fsp3) is 0.231. The highest BCUT2D eigenvalue weighted by atomic mass is 16.2. The Bertz CT molecular complexity index is 784. The number of nitrogens with zero attached hydrogens (tertiary/aromatic N) is 2. The van der Waals surface area contributed by atoms with Crippen LogP contribution in [-0.2, 0) is 9.59 Å². The molecular formula is C13H11N3O3. The molecule has 0 saturated carbocycles. The number of carbonyl (C=O) groups excluding carboxylic acids is 2. The van der Waals surface area contributed by atoms with Crippen molar-refractivity contribution in [2.45, 2.75) is 18.9 Å². The minimum atomic E-state index is -0.764. The topological polar surface area (TPSA) is 81.1 Å². The summed E-state index contributed by atoms with van der Waals surface area (Å²) in [6, 6.07) is 4.12. The first-order valence-electron chi connectivity index (χ1n) is 6.38. The summed E-state index contributed by atoms with van der Waals surface area (Å²) in [6.07, 6.45) is 1.91. The van der Waals surface area contributed by atoms with Gasteiger partial charge in [-0.2, -0.15) is 5.10 Å². The molecule has 0 radical (unpaired) electrons. The fourth-order valence-corrected chi connectivity index (χ4v) is 2.18. The molecule has 1 unspecified atom stereocenters. The van der Waals surface area contributed by atoms with Gasteiger partial charge in [0, 0.05) is 11.8 Å². The molecule has 1 aliphatic heterocycles. The standard InChI is InChI=1S/C13H11N3O3/c17-11-6-5-10(12(18)15-11)16-13(19)9-4-2-1-3-8(9)7-14-16/h1-4,7,10H,5-6H2,(H,15,17,18)/i1D. The van der Waals surface area contributed by atoms with Crippen molar-refractivity contribution in [2.24, 2.45) is 0 Å². The molecule has 2 amide bonds. The van der Waals surface area contributed by atoms with Gasteiger partial charge in [-0.25, -0.2) is 4.68 Å². The Balaban J connectivity index is 2.11. The molecule has 19 heavy (non-hydrogen) atoms. The number of amides is 2. The van der Waals surface area contributed by atoms with Crippen LogP contribution in [0.4, 0.5) is 0 Å². The third-order valence-electron chi connectivity index (χ3n) is 3.16. The monoisotopic (exact) mass is 258 g/mol. The number of aromatic nitrogens is 2. The molecule has 1 aromatic heterocycles. The third kappa shape index (κ3) is 1.91. The van der Waals surface area contributed by atoms with Gasteiger partial charge in [-0.05, 0) is 12.5 Å². The molecule has 0 spiro atoms. The van der Waals surface area contributed by atoms with Crippen LogP contribution in [0, 0.1) is 0 Å². The SMILES string of the molecule is [2H]c1ccc2c(=O)n(C3CCC(=O)NC3=O)ncc2c1. The Morgan fingerprint density at radius 1 is 1.37 bits per heavy atom. The van der Waals surface area contributed by atoms with Gasteiger partial charge in [0.15, 0.2) is 0 Å². The number of piperidine rings is 1. The summed E-state index contributed by atoms with van der Waals surface area (Å²) in [4.78, 5) is 35.3. The fourth-order valence-electron chi connectivity index (χ4n) is 2.18. The van der Waals surface area contributed by atoms with Gasteiger partial charge in [-0.15, -0.1) is 0 Å². The highest BCUT2D eigenvalue weighted by Crippen LogP contribution is 2.16. The molecule has 96 valence electrons. The lowest BCUT2D eigenvalue weighted by Gasteiger charge is -2.21. The maximum absolute atomic E-state index is 12.3. The van der Waals surface area contributed by atoms with Crippen molar-refractivity contribution < 1.29 is 11.0 Å². The highest BCUT2D eigenvalue weighted by molar-refractivity contribution is 5.99. The van der Waals surface area contributed by atoms with E-state index in [1.165, 1.54) is 12.3 Å². The van der Waals surface area contributed by atoms with E-state index in [2.05, 4.69) is 10.4 Å². The number of imide groups is 1. The van der Waals surface area contributed by atoms with Crippen LogP contribution in [0.3, 0.4) is 0 Å².